The first-order valence-corrected chi connectivity index (χ1v) is 4.32. The zero-order valence-corrected chi connectivity index (χ0v) is 8.35. The Kier molecular flexibility index (Phi) is 4.18. The van der Waals surface area contributed by atoms with Crippen LogP contribution in [0, 0.1) is 0 Å². The van der Waals surface area contributed by atoms with Gasteiger partial charge in [-0.2, -0.15) is 0 Å². The summed E-state index contributed by atoms with van der Waals surface area (Å²) in [6, 6.07) is 0. The van der Waals surface area contributed by atoms with Crippen molar-refractivity contribution >= 4 is 5.78 Å². The number of Topliss-reactive ketones (excluding diaryl/α,β-unsaturated/α-hetero) is 1. The topological polar surface area (TPSA) is 37.3 Å². The molecule has 0 radical (unpaired) electrons. The Bertz CT molecular complexity index is 190. The molecular formula is C10H18O2. The molecule has 0 amide bonds. The molecule has 0 bridgehead atoms. The van der Waals surface area contributed by atoms with Gasteiger partial charge >= 0.3 is 0 Å². The summed E-state index contributed by atoms with van der Waals surface area (Å²) in [5.41, 5.74) is -0.196. The number of carbonyl (C=O) groups excluding carboxylic acids is 1. The lowest BCUT2D eigenvalue weighted by Crippen LogP contribution is -2.21. The lowest BCUT2D eigenvalue weighted by atomic mass is 9.97. The molecule has 0 rings (SSSR count). The predicted octanol–water partition coefficient (Wildman–Crippen LogP) is 2.07. The fourth-order valence-electron chi connectivity index (χ4n) is 1.15. The van der Waals surface area contributed by atoms with Crippen molar-refractivity contribution in [3.8, 4) is 0 Å². The zero-order chi connectivity index (χ0) is 9.78. The standard InChI is InChI=1S/C10H18O2/c1-5-6-10(4,12)7-8(2)9(3)11/h7,12H,5-6H2,1-4H3/b8-7+. The minimum absolute atomic E-state index is 0.0198. The van der Waals surface area contributed by atoms with Crippen LogP contribution < -0.4 is 0 Å². The first kappa shape index (κ1) is 11.4. The number of aliphatic hydroxyl groups is 1. The molecule has 0 heterocycles. The predicted molar refractivity (Wildman–Crippen MR) is 50.0 cm³/mol. The van der Waals surface area contributed by atoms with E-state index in [4.69, 9.17) is 0 Å². The Morgan fingerprint density at radius 2 is 2.00 bits per heavy atom. The summed E-state index contributed by atoms with van der Waals surface area (Å²) in [6.45, 7) is 6.97. The van der Waals surface area contributed by atoms with E-state index in [1.807, 2.05) is 6.92 Å². The quantitative estimate of drug-likeness (QED) is 0.656. The van der Waals surface area contributed by atoms with Gasteiger partial charge in [0, 0.05) is 0 Å². The molecule has 2 nitrogen and oxygen atoms in total. The monoisotopic (exact) mass is 170 g/mol. The van der Waals surface area contributed by atoms with Crippen molar-refractivity contribution in [3.63, 3.8) is 0 Å². The van der Waals surface area contributed by atoms with Crippen LogP contribution in [-0.4, -0.2) is 16.5 Å². The van der Waals surface area contributed by atoms with E-state index in [-0.39, 0.29) is 5.78 Å². The average Bonchev–Trinajstić information content (AvgIpc) is 1.85. The highest BCUT2D eigenvalue weighted by molar-refractivity contribution is 5.92. The molecule has 70 valence electrons. The van der Waals surface area contributed by atoms with Crippen LogP contribution in [0.15, 0.2) is 11.6 Å². The molecule has 1 unspecified atom stereocenters. The molecule has 1 N–H and O–H groups in total. The summed E-state index contributed by atoms with van der Waals surface area (Å²) in [7, 11) is 0. The Morgan fingerprint density at radius 3 is 2.33 bits per heavy atom. The first-order valence-electron chi connectivity index (χ1n) is 4.32. The van der Waals surface area contributed by atoms with Crippen LogP contribution in [0.5, 0.6) is 0 Å². The van der Waals surface area contributed by atoms with Gasteiger partial charge in [0.2, 0.25) is 0 Å². The number of carbonyl (C=O) groups is 1. The molecule has 0 aromatic heterocycles. The van der Waals surface area contributed by atoms with Crippen LogP contribution in [0.3, 0.4) is 0 Å². The van der Waals surface area contributed by atoms with Gasteiger partial charge in [-0.1, -0.05) is 13.3 Å². The number of hydrogen-bond donors (Lipinski definition) is 1. The van der Waals surface area contributed by atoms with E-state index in [2.05, 4.69) is 0 Å². The SMILES string of the molecule is CCCC(C)(O)/C=C(\C)C(C)=O. The van der Waals surface area contributed by atoms with Crippen molar-refractivity contribution in [3.05, 3.63) is 11.6 Å². The normalized spacial score (nSPS) is 17.2. The third kappa shape index (κ3) is 4.29. The van der Waals surface area contributed by atoms with Crippen LogP contribution in [0.4, 0.5) is 0 Å². The van der Waals surface area contributed by atoms with E-state index >= 15 is 0 Å². The maximum absolute atomic E-state index is 10.8. The van der Waals surface area contributed by atoms with Crippen LogP contribution >= 0.6 is 0 Å². The highest BCUT2D eigenvalue weighted by atomic mass is 16.3. The highest BCUT2D eigenvalue weighted by Crippen LogP contribution is 2.15. The molecule has 12 heavy (non-hydrogen) atoms. The highest BCUT2D eigenvalue weighted by Gasteiger charge is 2.16. The molecule has 0 aromatic rings. The second kappa shape index (κ2) is 4.41. The van der Waals surface area contributed by atoms with Gasteiger partial charge in [-0.05, 0) is 38.8 Å². The molecule has 0 saturated carbocycles. The second-order valence-corrected chi connectivity index (χ2v) is 3.49. The largest absolute Gasteiger partial charge is 0.386 e. The van der Waals surface area contributed by atoms with Gasteiger partial charge < -0.3 is 5.11 Å². The lowest BCUT2D eigenvalue weighted by molar-refractivity contribution is -0.113. The van der Waals surface area contributed by atoms with E-state index in [9.17, 15) is 9.90 Å². The molecule has 0 aliphatic rings. The second-order valence-electron chi connectivity index (χ2n) is 3.49. The number of rotatable bonds is 4. The number of allylic oxidation sites excluding steroid dienone is 1. The summed E-state index contributed by atoms with van der Waals surface area (Å²) in [4.78, 5) is 10.8. The maximum Gasteiger partial charge on any atom is 0.155 e. The molecule has 0 fully saturated rings. The Labute approximate surface area is 74.3 Å². The van der Waals surface area contributed by atoms with Crippen LogP contribution in [0.1, 0.15) is 40.5 Å². The van der Waals surface area contributed by atoms with E-state index in [0.29, 0.717) is 12.0 Å². The van der Waals surface area contributed by atoms with E-state index < -0.39 is 5.60 Å². The van der Waals surface area contributed by atoms with Gasteiger partial charge in [-0.3, -0.25) is 4.79 Å². The molecule has 1 atom stereocenters. The van der Waals surface area contributed by atoms with Gasteiger partial charge in [-0.15, -0.1) is 0 Å². The maximum atomic E-state index is 10.8. The van der Waals surface area contributed by atoms with Gasteiger partial charge in [0.1, 0.15) is 0 Å². The third-order valence-corrected chi connectivity index (χ3v) is 1.84. The van der Waals surface area contributed by atoms with Crippen molar-refractivity contribution in [2.45, 2.75) is 46.1 Å². The fourth-order valence-corrected chi connectivity index (χ4v) is 1.15. The summed E-state index contributed by atoms with van der Waals surface area (Å²) >= 11 is 0. The lowest BCUT2D eigenvalue weighted by Gasteiger charge is -2.18. The minimum Gasteiger partial charge on any atom is -0.386 e. The van der Waals surface area contributed by atoms with Crippen LogP contribution in [0.2, 0.25) is 0 Å². The van der Waals surface area contributed by atoms with Gasteiger partial charge in [-0.25, -0.2) is 0 Å². The van der Waals surface area contributed by atoms with Crippen molar-refractivity contribution in [1.82, 2.24) is 0 Å². The molecule has 0 spiro atoms. The van der Waals surface area contributed by atoms with Crippen molar-refractivity contribution in [2.75, 3.05) is 0 Å². The Balaban J connectivity index is 4.38. The zero-order valence-electron chi connectivity index (χ0n) is 8.35. The van der Waals surface area contributed by atoms with Crippen molar-refractivity contribution < 1.29 is 9.90 Å². The third-order valence-electron chi connectivity index (χ3n) is 1.84. The van der Waals surface area contributed by atoms with Crippen molar-refractivity contribution in [1.29, 1.82) is 0 Å². The molecule has 0 aliphatic carbocycles. The molecule has 0 aromatic carbocycles. The summed E-state index contributed by atoms with van der Waals surface area (Å²) < 4.78 is 0. The molecular weight excluding hydrogens is 152 g/mol. The smallest absolute Gasteiger partial charge is 0.155 e. The molecule has 2 heteroatoms. The van der Waals surface area contributed by atoms with E-state index in [1.165, 1.54) is 6.92 Å². The first-order chi connectivity index (χ1) is 5.39. The van der Waals surface area contributed by atoms with Gasteiger partial charge in [0.05, 0.1) is 5.60 Å². The fraction of sp³-hybridized carbons (Fsp3) is 0.700. The Morgan fingerprint density at radius 1 is 1.50 bits per heavy atom. The summed E-state index contributed by atoms with van der Waals surface area (Å²) in [6.07, 6.45) is 3.24. The minimum atomic E-state index is -0.829. The number of hydrogen-bond acceptors (Lipinski definition) is 2. The average molecular weight is 170 g/mol. The summed E-state index contributed by atoms with van der Waals surface area (Å²) in [5.74, 6) is 0.0198. The van der Waals surface area contributed by atoms with E-state index in [1.54, 1.807) is 19.9 Å². The Hall–Kier alpha value is -0.630. The molecule has 0 aliphatic heterocycles. The van der Waals surface area contributed by atoms with Gasteiger partial charge in [0.25, 0.3) is 0 Å². The number of ketones is 1. The summed E-state index contributed by atoms with van der Waals surface area (Å²) in [5, 5.41) is 9.71. The van der Waals surface area contributed by atoms with Crippen LogP contribution in [-0.2, 0) is 4.79 Å². The van der Waals surface area contributed by atoms with Gasteiger partial charge in [0.15, 0.2) is 5.78 Å². The van der Waals surface area contributed by atoms with E-state index in [0.717, 1.165) is 6.42 Å². The van der Waals surface area contributed by atoms with Crippen LogP contribution in [0.25, 0.3) is 0 Å². The van der Waals surface area contributed by atoms with Crippen molar-refractivity contribution in [2.24, 2.45) is 0 Å². The molecule has 0 saturated heterocycles.